The number of hydrogen-bond donors (Lipinski definition) is 1. The first-order chi connectivity index (χ1) is 7.25. The second kappa shape index (κ2) is 4.39. The molecule has 2 aromatic heterocycles. The molecule has 0 amide bonds. The molecule has 1 N–H and O–H groups in total. The average Bonchev–Trinajstić information content (AvgIpc) is 2.86. The Balaban J connectivity index is 1.94. The molecular formula is C9H13N5S. The fourth-order valence-corrected chi connectivity index (χ4v) is 1.60. The van der Waals surface area contributed by atoms with E-state index < -0.39 is 0 Å². The highest BCUT2D eigenvalue weighted by Crippen LogP contribution is 2.12. The highest BCUT2D eigenvalue weighted by molar-refractivity contribution is 7.09. The molecule has 0 aliphatic carbocycles. The Morgan fingerprint density at radius 3 is 2.93 bits per heavy atom. The van der Waals surface area contributed by atoms with Crippen LogP contribution in [0.4, 0.5) is 5.00 Å². The zero-order valence-corrected chi connectivity index (χ0v) is 9.53. The Bertz CT molecular complexity index is 406. The minimum atomic E-state index is 0.406. The van der Waals surface area contributed by atoms with Gasteiger partial charge in [-0.3, -0.25) is 4.68 Å². The van der Waals surface area contributed by atoms with Crippen LogP contribution >= 0.6 is 11.5 Å². The van der Waals surface area contributed by atoms with Crippen LogP contribution in [0.2, 0.25) is 0 Å². The third kappa shape index (κ3) is 2.53. The summed E-state index contributed by atoms with van der Waals surface area (Å²) >= 11 is 1.36. The third-order valence-electron chi connectivity index (χ3n) is 2.01. The molecule has 0 saturated heterocycles. The van der Waals surface area contributed by atoms with Crippen LogP contribution in [-0.2, 0) is 6.54 Å². The van der Waals surface area contributed by atoms with Crippen molar-refractivity contribution in [3.63, 3.8) is 0 Å². The van der Waals surface area contributed by atoms with Gasteiger partial charge in [0.25, 0.3) is 0 Å². The van der Waals surface area contributed by atoms with Crippen molar-refractivity contribution in [1.29, 1.82) is 0 Å². The van der Waals surface area contributed by atoms with E-state index in [0.29, 0.717) is 6.04 Å². The van der Waals surface area contributed by atoms with Gasteiger partial charge < -0.3 is 5.32 Å². The highest BCUT2D eigenvalue weighted by atomic mass is 32.1. The van der Waals surface area contributed by atoms with E-state index in [4.69, 9.17) is 0 Å². The van der Waals surface area contributed by atoms with Gasteiger partial charge in [-0.05, 0) is 13.8 Å². The normalized spacial score (nSPS) is 10.9. The van der Waals surface area contributed by atoms with E-state index in [1.54, 1.807) is 6.20 Å². The molecule has 2 heterocycles. The maximum Gasteiger partial charge on any atom is 0.130 e. The van der Waals surface area contributed by atoms with Crippen molar-refractivity contribution in [3.8, 4) is 0 Å². The van der Waals surface area contributed by atoms with Gasteiger partial charge >= 0.3 is 0 Å². The SMILES string of the molecule is CC(C)n1cc(CNc2cnns2)cn1. The molecule has 0 aromatic carbocycles. The fourth-order valence-electron chi connectivity index (χ4n) is 1.19. The van der Waals surface area contributed by atoms with Crippen molar-refractivity contribution in [2.45, 2.75) is 26.4 Å². The summed E-state index contributed by atoms with van der Waals surface area (Å²) in [5.41, 5.74) is 1.16. The van der Waals surface area contributed by atoms with E-state index >= 15 is 0 Å². The molecule has 0 fully saturated rings. The summed E-state index contributed by atoms with van der Waals surface area (Å²) in [7, 11) is 0. The molecule has 0 atom stereocenters. The average molecular weight is 223 g/mol. The second-order valence-electron chi connectivity index (χ2n) is 3.56. The van der Waals surface area contributed by atoms with Crippen molar-refractivity contribution in [2.75, 3.05) is 5.32 Å². The Labute approximate surface area is 92.3 Å². The molecule has 5 nitrogen and oxygen atoms in total. The summed E-state index contributed by atoms with van der Waals surface area (Å²) in [5.74, 6) is 0. The molecule has 0 unspecified atom stereocenters. The Kier molecular flexibility index (Phi) is 2.96. The molecule has 15 heavy (non-hydrogen) atoms. The molecule has 0 radical (unpaired) electrons. The summed E-state index contributed by atoms with van der Waals surface area (Å²) in [6.07, 6.45) is 5.64. The number of aromatic nitrogens is 4. The zero-order valence-electron chi connectivity index (χ0n) is 8.71. The van der Waals surface area contributed by atoms with Crippen molar-refractivity contribution in [3.05, 3.63) is 24.2 Å². The molecule has 0 saturated carbocycles. The lowest BCUT2D eigenvalue weighted by Gasteiger charge is -2.03. The lowest BCUT2D eigenvalue weighted by atomic mass is 10.3. The number of nitrogens with one attached hydrogen (secondary N) is 1. The zero-order chi connectivity index (χ0) is 10.7. The number of anilines is 1. The molecule has 0 bridgehead atoms. The summed E-state index contributed by atoms with van der Waals surface area (Å²) in [6, 6.07) is 0.406. The predicted octanol–water partition coefficient (Wildman–Crippen LogP) is 1.93. The third-order valence-corrected chi connectivity index (χ3v) is 2.63. The lowest BCUT2D eigenvalue weighted by Crippen LogP contribution is -2.00. The molecule has 0 spiro atoms. The maximum atomic E-state index is 4.26. The highest BCUT2D eigenvalue weighted by Gasteiger charge is 2.02. The minimum Gasteiger partial charge on any atom is -0.370 e. The second-order valence-corrected chi connectivity index (χ2v) is 4.34. The predicted molar refractivity (Wildman–Crippen MR) is 59.8 cm³/mol. The van der Waals surface area contributed by atoms with Crippen LogP contribution in [0.1, 0.15) is 25.5 Å². The first-order valence-corrected chi connectivity index (χ1v) is 5.57. The van der Waals surface area contributed by atoms with Crippen LogP contribution in [0.15, 0.2) is 18.6 Å². The van der Waals surface area contributed by atoms with Gasteiger partial charge in [0.1, 0.15) is 5.00 Å². The fraction of sp³-hybridized carbons (Fsp3) is 0.444. The van der Waals surface area contributed by atoms with Crippen molar-refractivity contribution in [2.24, 2.45) is 0 Å². The van der Waals surface area contributed by atoms with Crippen LogP contribution < -0.4 is 5.32 Å². The van der Waals surface area contributed by atoms with E-state index in [-0.39, 0.29) is 0 Å². The van der Waals surface area contributed by atoms with Crippen molar-refractivity contribution >= 4 is 16.5 Å². The number of nitrogens with zero attached hydrogens (tertiary/aromatic N) is 4. The topological polar surface area (TPSA) is 55.6 Å². The van der Waals surface area contributed by atoms with Gasteiger partial charge in [-0.1, -0.05) is 4.49 Å². The quantitative estimate of drug-likeness (QED) is 0.860. The molecule has 2 aromatic rings. The summed E-state index contributed by atoms with van der Waals surface area (Å²) in [6.45, 7) is 4.98. The van der Waals surface area contributed by atoms with Crippen LogP contribution in [-0.4, -0.2) is 19.4 Å². The van der Waals surface area contributed by atoms with Crippen LogP contribution in [0.5, 0.6) is 0 Å². The van der Waals surface area contributed by atoms with E-state index in [0.717, 1.165) is 17.1 Å². The van der Waals surface area contributed by atoms with E-state index in [1.165, 1.54) is 11.5 Å². The molecule has 0 aliphatic rings. The first-order valence-electron chi connectivity index (χ1n) is 4.80. The minimum absolute atomic E-state index is 0.406. The van der Waals surface area contributed by atoms with Gasteiger partial charge in [0.2, 0.25) is 0 Å². The van der Waals surface area contributed by atoms with E-state index in [9.17, 15) is 0 Å². The van der Waals surface area contributed by atoms with Gasteiger partial charge in [-0.2, -0.15) is 5.10 Å². The van der Waals surface area contributed by atoms with Gasteiger partial charge in [-0.15, -0.1) is 5.10 Å². The number of rotatable bonds is 4. The molecule has 0 aliphatic heterocycles. The maximum absolute atomic E-state index is 4.26. The van der Waals surface area contributed by atoms with Crippen LogP contribution in [0.3, 0.4) is 0 Å². The summed E-state index contributed by atoms with van der Waals surface area (Å²) in [4.78, 5) is 0. The standard InChI is InChI=1S/C9H13N5S/c1-7(2)14-6-8(4-12-14)3-10-9-5-11-13-15-9/h4-7,10H,3H2,1-2H3. The molecule has 6 heteroatoms. The Hall–Kier alpha value is -1.43. The van der Waals surface area contributed by atoms with Crippen molar-refractivity contribution in [1.82, 2.24) is 19.4 Å². The van der Waals surface area contributed by atoms with Crippen LogP contribution in [0, 0.1) is 0 Å². The molecule has 80 valence electrons. The summed E-state index contributed by atoms with van der Waals surface area (Å²) in [5, 5.41) is 12.2. The van der Waals surface area contributed by atoms with Crippen LogP contribution in [0.25, 0.3) is 0 Å². The monoisotopic (exact) mass is 223 g/mol. The summed E-state index contributed by atoms with van der Waals surface area (Å²) < 4.78 is 5.72. The Morgan fingerprint density at radius 2 is 2.33 bits per heavy atom. The van der Waals surface area contributed by atoms with Gasteiger partial charge in [-0.25, -0.2) is 0 Å². The van der Waals surface area contributed by atoms with E-state index in [1.807, 2.05) is 17.1 Å². The lowest BCUT2D eigenvalue weighted by molar-refractivity contribution is 0.532. The smallest absolute Gasteiger partial charge is 0.130 e. The largest absolute Gasteiger partial charge is 0.370 e. The van der Waals surface area contributed by atoms with E-state index in [2.05, 4.69) is 33.8 Å². The van der Waals surface area contributed by atoms with Crippen molar-refractivity contribution < 1.29 is 0 Å². The molecule has 2 rings (SSSR count). The van der Waals surface area contributed by atoms with Gasteiger partial charge in [0, 0.05) is 35.9 Å². The van der Waals surface area contributed by atoms with Gasteiger partial charge in [0.05, 0.1) is 12.4 Å². The number of hydrogen-bond acceptors (Lipinski definition) is 5. The van der Waals surface area contributed by atoms with Gasteiger partial charge in [0.15, 0.2) is 0 Å². The Morgan fingerprint density at radius 1 is 1.47 bits per heavy atom. The molecular weight excluding hydrogens is 210 g/mol. The first kappa shape index (κ1) is 10.1.